The van der Waals surface area contributed by atoms with Crippen LogP contribution in [0.3, 0.4) is 0 Å². The van der Waals surface area contributed by atoms with Crippen LogP contribution in [0, 0.1) is 13.8 Å². The number of amides is 1. The zero-order chi connectivity index (χ0) is 19.8. The molecule has 0 fully saturated rings. The largest absolute Gasteiger partial charge is 0.482 e. The Morgan fingerprint density at radius 3 is 2.52 bits per heavy atom. The van der Waals surface area contributed by atoms with Gasteiger partial charge in [0, 0.05) is 5.69 Å². The summed E-state index contributed by atoms with van der Waals surface area (Å²) in [7, 11) is 0. The highest BCUT2D eigenvalue weighted by Gasteiger charge is 2.13. The van der Waals surface area contributed by atoms with Crippen molar-refractivity contribution in [3.05, 3.63) is 59.2 Å². The molecule has 1 atom stereocenters. The smallest absolute Gasteiger partial charge is 0.344 e. The van der Waals surface area contributed by atoms with Gasteiger partial charge in [-0.1, -0.05) is 44.2 Å². The van der Waals surface area contributed by atoms with Crippen LogP contribution in [0.4, 0.5) is 5.69 Å². The fourth-order valence-corrected chi connectivity index (χ4v) is 2.65. The Bertz CT molecular complexity index is 801. The molecule has 0 bridgehead atoms. The molecule has 144 valence electrons. The lowest BCUT2D eigenvalue weighted by Crippen LogP contribution is -2.24. The van der Waals surface area contributed by atoms with Crippen molar-refractivity contribution in [1.29, 1.82) is 0 Å². The summed E-state index contributed by atoms with van der Waals surface area (Å²) in [6.45, 7) is 7.53. The van der Waals surface area contributed by atoms with E-state index < -0.39 is 5.97 Å². The van der Waals surface area contributed by atoms with E-state index in [2.05, 4.69) is 19.2 Å². The fraction of sp³-hybridized carbons (Fsp3) is 0.364. The van der Waals surface area contributed by atoms with Gasteiger partial charge < -0.3 is 14.8 Å². The average molecular weight is 369 g/mol. The Hall–Kier alpha value is -2.82. The van der Waals surface area contributed by atoms with Crippen LogP contribution in [0.5, 0.6) is 5.75 Å². The van der Waals surface area contributed by atoms with Gasteiger partial charge in [-0.25, -0.2) is 4.79 Å². The van der Waals surface area contributed by atoms with Gasteiger partial charge in [-0.2, -0.15) is 0 Å². The lowest BCUT2D eigenvalue weighted by molar-refractivity contribution is -0.149. The van der Waals surface area contributed by atoms with Gasteiger partial charge >= 0.3 is 5.97 Å². The van der Waals surface area contributed by atoms with E-state index in [0.717, 1.165) is 28.8 Å². The maximum Gasteiger partial charge on any atom is 0.344 e. The number of hydrogen-bond acceptors (Lipinski definition) is 4. The number of rotatable bonds is 8. The molecule has 0 heterocycles. The molecule has 0 aliphatic rings. The third-order valence-electron chi connectivity index (χ3n) is 4.64. The van der Waals surface area contributed by atoms with Crippen molar-refractivity contribution in [1.82, 2.24) is 0 Å². The summed E-state index contributed by atoms with van der Waals surface area (Å²) in [6, 6.07) is 13.3. The van der Waals surface area contributed by atoms with Gasteiger partial charge in [0.2, 0.25) is 0 Å². The van der Waals surface area contributed by atoms with Crippen molar-refractivity contribution in [3.63, 3.8) is 0 Å². The van der Waals surface area contributed by atoms with Gasteiger partial charge in [0.05, 0.1) is 0 Å². The highest BCUT2D eigenvalue weighted by Crippen LogP contribution is 2.26. The highest BCUT2D eigenvalue weighted by atomic mass is 16.6. The molecule has 2 aromatic carbocycles. The average Bonchev–Trinajstić information content (AvgIpc) is 2.67. The normalized spacial score (nSPS) is 11.6. The lowest BCUT2D eigenvalue weighted by atomic mass is 9.97. The van der Waals surface area contributed by atoms with Crippen molar-refractivity contribution >= 4 is 17.6 Å². The van der Waals surface area contributed by atoms with Gasteiger partial charge in [-0.05, 0) is 55.0 Å². The van der Waals surface area contributed by atoms with Crippen molar-refractivity contribution < 1.29 is 19.1 Å². The maximum absolute atomic E-state index is 12.1. The van der Waals surface area contributed by atoms with Crippen LogP contribution in [-0.4, -0.2) is 25.1 Å². The topological polar surface area (TPSA) is 64.6 Å². The van der Waals surface area contributed by atoms with Crippen LogP contribution in [-0.2, 0) is 14.3 Å². The number of ether oxygens (including phenoxy) is 2. The first-order valence-electron chi connectivity index (χ1n) is 9.15. The minimum atomic E-state index is -0.582. The minimum Gasteiger partial charge on any atom is -0.482 e. The molecule has 0 spiro atoms. The number of benzene rings is 2. The van der Waals surface area contributed by atoms with Crippen molar-refractivity contribution in [2.24, 2.45) is 0 Å². The van der Waals surface area contributed by atoms with Crippen LogP contribution in [0.15, 0.2) is 42.5 Å². The zero-order valence-corrected chi connectivity index (χ0v) is 16.4. The van der Waals surface area contributed by atoms with E-state index in [0.29, 0.717) is 11.7 Å². The Labute approximate surface area is 160 Å². The predicted molar refractivity (Wildman–Crippen MR) is 106 cm³/mol. The second kappa shape index (κ2) is 9.76. The van der Waals surface area contributed by atoms with E-state index in [1.165, 1.54) is 0 Å². The van der Waals surface area contributed by atoms with E-state index in [4.69, 9.17) is 9.47 Å². The molecule has 27 heavy (non-hydrogen) atoms. The summed E-state index contributed by atoms with van der Waals surface area (Å²) in [6.07, 6.45) is 0.970. The van der Waals surface area contributed by atoms with Gasteiger partial charge in [0.15, 0.2) is 13.2 Å². The van der Waals surface area contributed by atoms with Crippen LogP contribution < -0.4 is 10.1 Å². The number of carbonyl (C=O) groups excluding carboxylic acids is 2. The molecule has 2 rings (SSSR count). The van der Waals surface area contributed by atoms with E-state index in [9.17, 15) is 9.59 Å². The number of hydrogen-bond donors (Lipinski definition) is 1. The monoisotopic (exact) mass is 369 g/mol. The van der Waals surface area contributed by atoms with Gasteiger partial charge in [0.25, 0.3) is 5.91 Å². The molecule has 0 aliphatic heterocycles. The van der Waals surface area contributed by atoms with Crippen LogP contribution in [0.1, 0.15) is 42.9 Å². The number of carbonyl (C=O) groups is 2. The predicted octanol–water partition coefficient (Wildman–Crippen LogP) is 4.38. The maximum atomic E-state index is 12.1. The molecular formula is C22H27NO4. The quantitative estimate of drug-likeness (QED) is 0.702. The molecular weight excluding hydrogens is 342 g/mol. The van der Waals surface area contributed by atoms with Crippen LogP contribution in [0.25, 0.3) is 0 Å². The summed E-state index contributed by atoms with van der Waals surface area (Å²) in [5.41, 5.74) is 3.88. The van der Waals surface area contributed by atoms with Crippen LogP contribution in [0.2, 0.25) is 0 Å². The zero-order valence-electron chi connectivity index (χ0n) is 16.4. The van der Waals surface area contributed by atoms with Crippen LogP contribution >= 0.6 is 0 Å². The van der Waals surface area contributed by atoms with Crippen molar-refractivity contribution in [2.45, 2.75) is 40.0 Å². The third-order valence-corrected chi connectivity index (χ3v) is 4.64. The summed E-state index contributed by atoms with van der Waals surface area (Å²) >= 11 is 0. The van der Waals surface area contributed by atoms with E-state index in [-0.39, 0.29) is 19.1 Å². The molecule has 0 aliphatic carbocycles. The summed E-state index contributed by atoms with van der Waals surface area (Å²) < 4.78 is 10.5. The lowest BCUT2D eigenvalue weighted by Gasteiger charge is -2.15. The van der Waals surface area contributed by atoms with Crippen molar-refractivity contribution in [3.8, 4) is 5.75 Å². The number of para-hydroxylation sites is 1. The van der Waals surface area contributed by atoms with E-state index >= 15 is 0 Å². The Balaban J connectivity index is 1.83. The summed E-state index contributed by atoms with van der Waals surface area (Å²) in [4.78, 5) is 24.0. The Kier molecular flexibility index (Phi) is 7.41. The van der Waals surface area contributed by atoms with E-state index in [1.807, 2.05) is 50.2 Å². The Morgan fingerprint density at radius 1 is 1.04 bits per heavy atom. The third kappa shape index (κ3) is 5.84. The first kappa shape index (κ1) is 20.5. The SMILES string of the molecule is CC[C@H](C)c1ccccc1NC(=O)COC(=O)COc1cccc(C)c1C. The second-order valence-corrected chi connectivity index (χ2v) is 6.59. The highest BCUT2D eigenvalue weighted by molar-refractivity contribution is 5.93. The molecule has 5 nitrogen and oxygen atoms in total. The number of nitrogens with one attached hydrogen (secondary N) is 1. The van der Waals surface area contributed by atoms with Gasteiger partial charge in [-0.3, -0.25) is 4.79 Å². The number of esters is 1. The standard InChI is InChI=1S/C22H27NO4/c1-5-15(2)18-10-6-7-11-19(18)23-21(24)13-27-22(25)14-26-20-12-8-9-16(3)17(20)4/h6-12,15H,5,13-14H2,1-4H3,(H,23,24)/t15-/m0/s1. The number of anilines is 1. The molecule has 0 aromatic heterocycles. The Morgan fingerprint density at radius 2 is 1.78 bits per heavy atom. The number of aryl methyl sites for hydroxylation is 1. The summed E-state index contributed by atoms with van der Waals surface area (Å²) in [5, 5.41) is 2.81. The first-order valence-corrected chi connectivity index (χ1v) is 9.15. The molecule has 5 heteroatoms. The minimum absolute atomic E-state index is 0.235. The van der Waals surface area contributed by atoms with E-state index in [1.54, 1.807) is 6.07 Å². The molecule has 1 amide bonds. The van der Waals surface area contributed by atoms with Crippen molar-refractivity contribution in [2.75, 3.05) is 18.5 Å². The molecule has 1 N–H and O–H groups in total. The summed E-state index contributed by atoms with van der Waals surface area (Å²) in [5.74, 6) is 0.0148. The molecule has 0 unspecified atom stereocenters. The molecule has 0 saturated heterocycles. The fourth-order valence-electron chi connectivity index (χ4n) is 2.65. The molecule has 0 radical (unpaired) electrons. The second-order valence-electron chi connectivity index (χ2n) is 6.59. The molecule has 2 aromatic rings. The first-order chi connectivity index (χ1) is 12.9. The molecule has 0 saturated carbocycles. The van der Waals surface area contributed by atoms with Gasteiger partial charge in [-0.15, -0.1) is 0 Å². The van der Waals surface area contributed by atoms with Gasteiger partial charge in [0.1, 0.15) is 5.75 Å².